The van der Waals surface area contributed by atoms with Gasteiger partial charge in [0, 0.05) is 13.2 Å². The molecule has 0 radical (unpaired) electrons. The SMILES string of the molecule is COc1ccc(C2CCOCC2)cc1CCCN. The third-order valence-electron chi connectivity index (χ3n) is 3.65. The Morgan fingerprint density at radius 2 is 2.11 bits per heavy atom. The molecule has 0 saturated carbocycles. The predicted molar refractivity (Wildman–Crippen MR) is 73.2 cm³/mol. The van der Waals surface area contributed by atoms with E-state index in [0.29, 0.717) is 5.92 Å². The van der Waals surface area contributed by atoms with Crippen molar-refractivity contribution in [1.82, 2.24) is 0 Å². The summed E-state index contributed by atoms with van der Waals surface area (Å²) in [6, 6.07) is 6.59. The molecule has 2 rings (SSSR count). The lowest BCUT2D eigenvalue weighted by Crippen LogP contribution is -2.14. The Balaban J connectivity index is 2.15. The Morgan fingerprint density at radius 3 is 2.78 bits per heavy atom. The minimum Gasteiger partial charge on any atom is -0.496 e. The molecule has 0 atom stereocenters. The molecule has 1 aromatic rings. The first-order valence-corrected chi connectivity index (χ1v) is 6.79. The first-order valence-electron chi connectivity index (χ1n) is 6.79. The summed E-state index contributed by atoms with van der Waals surface area (Å²) in [6.45, 7) is 2.49. The molecule has 1 aliphatic heterocycles. The van der Waals surface area contributed by atoms with Crippen molar-refractivity contribution in [3.8, 4) is 5.75 Å². The summed E-state index contributed by atoms with van der Waals surface area (Å²) in [6.07, 6.45) is 4.26. The number of rotatable bonds is 5. The van der Waals surface area contributed by atoms with Crippen LogP contribution in [0.2, 0.25) is 0 Å². The van der Waals surface area contributed by atoms with Gasteiger partial charge in [-0.2, -0.15) is 0 Å². The van der Waals surface area contributed by atoms with E-state index in [0.717, 1.165) is 51.2 Å². The lowest BCUT2D eigenvalue weighted by molar-refractivity contribution is 0.0853. The Hall–Kier alpha value is -1.06. The molecule has 0 aliphatic carbocycles. The summed E-state index contributed by atoms with van der Waals surface area (Å²) >= 11 is 0. The smallest absolute Gasteiger partial charge is 0.122 e. The van der Waals surface area contributed by atoms with E-state index in [4.69, 9.17) is 15.2 Å². The van der Waals surface area contributed by atoms with Crippen molar-refractivity contribution in [3.63, 3.8) is 0 Å². The van der Waals surface area contributed by atoms with Gasteiger partial charge in [0.25, 0.3) is 0 Å². The number of nitrogens with two attached hydrogens (primary N) is 1. The number of aryl methyl sites for hydroxylation is 1. The zero-order valence-electron chi connectivity index (χ0n) is 11.2. The van der Waals surface area contributed by atoms with Gasteiger partial charge in [-0.05, 0) is 55.3 Å². The predicted octanol–water partition coefficient (Wildman–Crippen LogP) is 2.48. The fraction of sp³-hybridized carbons (Fsp3) is 0.600. The first-order chi connectivity index (χ1) is 8.85. The molecule has 0 amide bonds. The van der Waals surface area contributed by atoms with Crippen LogP contribution in [0.4, 0.5) is 0 Å². The standard InChI is InChI=1S/C15H23NO2/c1-17-15-5-4-13(11-14(15)3-2-8-16)12-6-9-18-10-7-12/h4-5,11-12H,2-3,6-10,16H2,1H3. The second-order valence-electron chi connectivity index (χ2n) is 4.85. The molecule has 100 valence electrons. The summed E-state index contributed by atoms with van der Waals surface area (Å²) in [5.41, 5.74) is 8.30. The van der Waals surface area contributed by atoms with Gasteiger partial charge in [-0.3, -0.25) is 0 Å². The van der Waals surface area contributed by atoms with E-state index in [2.05, 4.69) is 18.2 Å². The van der Waals surface area contributed by atoms with Crippen LogP contribution in [0.1, 0.15) is 36.3 Å². The Morgan fingerprint density at radius 1 is 1.33 bits per heavy atom. The van der Waals surface area contributed by atoms with Crippen LogP contribution in [0.25, 0.3) is 0 Å². The van der Waals surface area contributed by atoms with Crippen LogP contribution in [0.3, 0.4) is 0 Å². The third-order valence-corrected chi connectivity index (χ3v) is 3.65. The highest BCUT2D eigenvalue weighted by Gasteiger charge is 2.17. The second kappa shape index (κ2) is 6.76. The van der Waals surface area contributed by atoms with Crippen LogP contribution < -0.4 is 10.5 Å². The minimum atomic E-state index is 0.640. The lowest BCUT2D eigenvalue weighted by Gasteiger charge is -2.23. The van der Waals surface area contributed by atoms with Crippen molar-refractivity contribution in [2.45, 2.75) is 31.6 Å². The molecule has 1 fully saturated rings. The zero-order valence-corrected chi connectivity index (χ0v) is 11.2. The second-order valence-corrected chi connectivity index (χ2v) is 4.85. The molecule has 0 bridgehead atoms. The van der Waals surface area contributed by atoms with Gasteiger partial charge in [-0.1, -0.05) is 12.1 Å². The van der Waals surface area contributed by atoms with Gasteiger partial charge >= 0.3 is 0 Å². The average molecular weight is 249 g/mol. The Labute approximate surface area is 109 Å². The van der Waals surface area contributed by atoms with Crippen molar-refractivity contribution in [1.29, 1.82) is 0 Å². The summed E-state index contributed by atoms with van der Waals surface area (Å²) in [5, 5.41) is 0. The number of hydrogen-bond donors (Lipinski definition) is 1. The minimum absolute atomic E-state index is 0.640. The van der Waals surface area contributed by atoms with E-state index >= 15 is 0 Å². The molecule has 1 aliphatic rings. The topological polar surface area (TPSA) is 44.5 Å². The van der Waals surface area contributed by atoms with Crippen LogP contribution >= 0.6 is 0 Å². The van der Waals surface area contributed by atoms with Crippen LogP contribution in [0.5, 0.6) is 5.75 Å². The van der Waals surface area contributed by atoms with Crippen molar-refractivity contribution >= 4 is 0 Å². The maximum Gasteiger partial charge on any atom is 0.122 e. The van der Waals surface area contributed by atoms with Crippen LogP contribution in [-0.4, -0.2) is 26.9 Å². The van der Waals surface area contributed by atoms with Crippen molar-refractivity contribution in [2.24, 2.45) is 5.73 Å². The fourth-order valence-corrected chi connectivity index (χ4v) is 2.57. The summed E-state index contributed by atoms with van der Waals surface area (Å²) in [4.78, 5) is 0. The van der Waals surface area contributed by atoms with Gasteiger partial charge in [0.15, 0.2) is 0 Å². The van der Waals surface area contributed by atoms with Crippen molar-refractivity contribution in [2.75, 3.05) is 26.9 Å². The molecule has 1 aromatic carbocycles. The molecular formula is C15H23NO2. The molecule has 0 unspecified atom stereocenters. The number of benzene rings is 1. The average Bonchev–Trinajstić information content (AvgIpc) is 2.45. The lowest BCUT2D eigenvalue weighted by atomic mass is 9.90. The Bertz CT molecular complexity index is 373. The van der Waals surface area contributed by atoms with Gasteiger partial charge in [0.2, 0.25) is 0 Å². The molecular weight excluding hydrogens is 226 g/mol. The van der Waals surface area contributed by atoms with Crippen molar-refractivity contribution < 1.29 is 9.47 Å². The maximum atomic E-state index is 5.59. The third kappa shape index (κ3) is 3.24. The van der Waals surface area contributed by atoms with Gasteiger partial charge in [-0.15, -0.1) is 0 Å². The molecule has 1 saturated heterocycles. The zero-order chi connectivity index (χ0) is 12.8. The number of ether oxygens (including phenoxy) is 2. The first kappa shape index (κ1) is 13.4. The van der Waals surface area contributed by atoms with Gasteiger partial charge in [0.1, 0.15) is 5.75 Å². The van der Waals surface area contributed by atoms with Crippen LogP contribution in [0, 0.1) is 0 Å². The van der Waals surface area contributed by atoms with Gasteiger partial charge < -0.3 is 15.2 Å². The largest absolute Gasteiger partial charge is 0.496 e. The van der Waals surface area contributed by atoms with Crippen LogP contribution in [0.15, 0.2) is 18.2 Å². The van der Waals surface area contributed by atoms with E-state index in [1.165, 1.54) is 11.1 Å². The Kier molecular flexibility index (Phi) is 5.02. The van der Waals surface area contributed by atoms with Gasteiger partial charge in [-0.25, -0.2) is 0 Å². The maximum absolute atomic E-state index is 5.59. The summed E-state index contributed by atoms with van der Waals surface area (Å²) in [5.74, 6) is 1.63. The molecule has 18 heavy (non-hydrogen) atoms. The molecule has 0 aromatic heterocycles. The van der Waals surface area contributed by atoms with E-state index < -0.39 is 0 Å². The molecule has 0 spiro atoms. The van der Waals surface area contributed by atoms with E-state index in [1.54, 1.807) is 7.11 Å². The molecule has 3 heteroatoms. The number of methoxy groups -OCH3 is 1. The highest BCUT2D eigenvalue weighted by atomic mass is 16.5. The molecule has 2 N–H and O–H groups in total. The molecule has 1 heterocycles. The fourth-order valence-electron chi connectivity index (χ4n) is 2.57. The van der Waals surface area contributed by atoms with Gasteiger partial charge in [0.05, 0.1) is 7.11 Å². The molecule has 3 nitrogen and oxygen atoms in total. The van der Waals surface area contributed by atoms with Crippen molar-refractivity contribution in [3.05, 3.63) is 29.3 Å². The number of hydrogen-bond acceptors (Lipinski definition) is 3. The normalized spacial score (nSPS) is 16.8. The van der Waals surface area contributed by atoms with E-state index in [1.807, 2.05) is 0 Å². The highest BCUT2D eigenvalue weighted by Crippen LogP contribution is 2.30. The van der Waals surface area contributed by atoms with Crippen LogP contribution in [-0.2, 0) is 11.2 Å². The highest BCUT2D eigenvalue weighted by molar-refractivity contribution is 5.39. The summed E-state index contributed by atoms with van der Waals surface area (Å²) < 4.78 is 10.8. The van der Waals surface area contributed by atoms with E-state index in [9.17, 15) is 0 Å². The monoisotopic (exact) mass is 249 g/mol. The van der Waals surface area contributed by atoms with E-state index in [-0.39, 0.29) is 0 Å². The quantitative estimate of drug-likeness (QED) is 0.872. The summed E-state index contributed by atoms with van der Waals surface area (Å²) in [7, 11) is 1.73.